The number of nitrogens with two attached hydrogens (primary N) is 1. The molecule has 0 rings (SSSR count). The normalized spacial score (nSPS) is 16.6. The van der Waals surface area contributed by atoms with E-state index in [1.165, 1.54) is 6.92 Å². The lowest BCUT2D eigenvalue weighted by molar-refractivity contribution is -0.280. The van der Waals surface area contributed by atoms with Gasteiger partial charge in [0.15, 0.2) is 0 Å². The maximum atomic E-state index is 9.30. The summed E-state index contributed by atoms with van der Waals surface area (Å²) in [5.74, 6) is 0. The van der Waals surface area contributed by atoms with E-state index in [2.05, 4.69) is 0 Å². The van der Waals surface area contributed by atoms with Gasteiger partial charge >= 0.3 is 0 Å². The van der Waals surface area contributed by atoms with E-state index < -0.39 is 31.4 Å². The van der Waals surface area contributed by atoms with Gasteiger partial charge in [0.2, 0.25) is 12.6 Å². The van der Waals surface area contributed by atoms with Crippen LogP contribution in [0.3, 0.4) is 0 Å². The molecular weight excluding hydrogens is 254 g/mol. The summed E-state index contributed by atoms with van der Waals surface area (Å²) < 4.78 is 10.3. The van der Waals surface area contributed by atoms with Crippen molar-refractivity contribution in [1.82, 2.24) is 0 Å². The largest absolute Gasteiger partial charge is 0.394 e. The van der Waals surface area contributed by atoms with Crippen LogP contribution in [-0.2, 0) is 9.47 Å². The van der Waals surface area contributed by atoms with Gasteiger partial charge in [0, 0.05) is 6.61 Å². The predicted octanol–water partition coefficient (Wildman–Crippen LogP) is -1.08. The monoisotopic (exact) mass is 281 g/mol. The maximum Gasteiger partial charge on any atom is 0.209 e. The molecule has 0 amide bonds. The smallest absolute Gasteiger partial charge is 0.209 e. The molecular formula is C12H27NO6. The number of aliphatic hydroxyl groups excluding tert-OH is 3. The number of unbranched alkanes of at least 4 members (excludes halogenated alkanes) is 3. The van der Waals surface area contributed by atoms with Gasteiger partial charge in [-0.25, -0.2) is 0 Å². The highest BCUT2D eigenvalue weighted by atomic mass is 16.7. The van der Waals surface area contributed by atoms with Crippen LogP contribution in [0.25, 0.3) is 0 Å². The minimum Gasteiger partial charge on any atom is -0.394 e. The third-order valence-electron chi connectivity index (χ3n) is 2.65. The summed E-state index contributed by atoms with van der Waals surface area (Å²) >= 11 is 0. The summed E-state index contributed by atoms with van der Waals surface area (Å²) in [5.41, 5.74) is 5.36. The van der Waals surface area contributed by atoms with Crippen molar-refractivity contribution in [2.24, 2.45) is 5.73 Å². The zero-order valence-electron chi connectivity index (χ0n) is 11.4. The van der Waals surface area contributed by atoms with Crippen LogP contribution in [-0.4, -0.2) is 65.0 Å². The lowest BCUT2D eigenvalue weighted by Gasteiger charge is -2.26. The van der Waals surface area contributed by atoms with Gasteiger partial charge in [0.1, 0.15) is 6.10 Å². The van der Waals surface area contributed by atoms with E-state index in [1.54, 1.807) is 0 Å². The molecule has 0 fully saturated rings. The molecule has 0 spiro atoms. The minimum absolute atomic E-state index is 0.310. The summed E-state index contributed by atoms with van der Waals surface area (Å²) in [6.07, 6.45) is -1.30. The number of rotatable bonds is 12. The molecule has 0 aromatic carbocycles. The molecule has 0 aliphatic heterocycles. The van der Waals surface area contributed by atoms with Crippen LogP contribution in [0, 0.1) is 0 Å². The molecule has 7 heteroatoms. The Hall–Kier alpha value is -0.280. The Labute approximate surface area is 113 Å². The fraction of sp³-hybridized carbons (Fsp3) is 1.00. The molecule has 3 unspecified atom stereocenters. The first-order chi connectivity index (χ1) is 9.02. The van der Waals surface area contributed by atoms with Crippen LogP contribution in [0.1, 0.15) is 32.6 Å². The quantitative estimate of drug-likeness (QED) is 0.227. The van der Waals surface area contributed by atoms with Gasteiger partial charge < -0.3 is 35.6 Å². The van der Waals surface area contributed by atoms with Gasteiger partial charge in [-0.1, -0.05) is 12.8 Å². The second-order valence-corrected chi connectivity index (χ2v) is 4.45. The van der Waals surface area contributed by atoms with Gasteiger partial charge in [-0.2, -0.15) is 0 Å². The zero-order valence-corrected chi connectivity index (χ0v) is 11.4. The Bertz CT molecular complexity index is 203. The molecule has 0 bridgehead atoms. The van der Waals surface area contributed by atoms with Gasteiger partial charge in [0.05, 0.1) is 12.7 Å². The van der Waals surface area contributed by atoms with Gasteiger partial charge in [-0.05, 0) is 26.3 Å². The fourth-order valence-electron chi connectivity index (χ4n) is 1.48. The van der Waals surface area contributed by atoms with Gasteiger partial charge in [0.25, 0.3) is 0 Å². The maximum absolute atomic E-state index is 9.30. The lowest BCUT2D eigenvalue weighted by atomic mass is 10.2. The molecule has 0 radical (unpaired) electrons. The van der Waals surface area contributed by atoms with Crippen LogP contribution >= 0.6 is 0 Å². The average molecular weight is 281 g/mol. The molecule has 0 heterocycles. The molecule has 7 nitrogen and oxygen atoms in total. The van der Waals surface area contributed by atoms with Crippen LogP contribution in [0.15, 0.2) is 0 Å². The Morgan fingerprint density at radius 2 is 1.68 bits per heavy atom. The Balaban J connectivity index is 3.92. The van der Waals surface area contributed by atoms with E-state index in [0.29, 0.717) is 13.2 Å². The molecule has 0 aliphatic rings. The SMILES string of the molecule is CC(O)C(CO)OC(OCCCCCCN)C(O)O. The van der Waals surface area contributed by atoms with Crippen LogP contribution in [0.4, 0.5) is 0 Å². The van der Waals surface area contributed by atoms with Crippen LogP contribution < -0.4 is 5.73 Å². The summed E-state index contributed by atoms with van der Waals surface area (Å²) in [4.78, 5) is 0. The van der Waals surface area contributed by atoms with Crippen LogP contribution in [0.2, 0.25) is 0 Å². The number of hydrogen-bond donors (Lipinski definition) is 5. The van der Waals surface area contributed by atoms with Crippen molar-refractivity contribution >= 4 is 0 Å². The molecule has 0 saturated carbocycles. The Morgan fingerprint density at radius 3 is 2.16 bits per heavy atom. The van der Waals surface area contributed by atoms with Crippen LogP contribution in [0.5, 0.6) is 0 Å². The highest BCUT2D eigenvalue weighted by Crippen LogP contribution is 2.09. The lowest BCUT2D eigenvalue weighted by Crippen LogP contribution is -2.41. The van der Waals surface area contributed by atoms with Crippen molar-refractivity contribution in [3.63, 3.8) is 0 Å². The summed E-state index contributed by atoms with van der Waals surface area (Å²) in [6, 6.07) is 0. The topological polar surface area (TPSA) is 125 Å². The Morgan fingerprint density at radius 1 is 1.05 bits per heavy atom. The minimum atomic E-state index is -1.82. The summed E-state index contributed by atoms with van der Waals surface area (Å²) in [7, 11) is 0. The first-order valence-electron chi connectivity index (χ1n) is 6.65. The molecule has 6 N–H and O–H groups in total. The van der Waals surface area contributed by atoms with E-state index in [4.69, 9.17) is 30.5 Å². The highest BCUT2D eigenvalue weighted by molar-refractivity contribution is 4.64. The number of hydrogen-bond acceptors (Lipinski definition) is 7. The average Bonchev–Trinajstić information content (AvgIpc) is 2.36. The van der Waals surface area contributed by atoms with Gasteiger partial charge in [-0.15, -0.1) is 0 Å². The van der Waals surface area contributed by atoms with Crippen molar-refractivity contribution in [3.8, 4) is 0 Å². The first-order valence-corrected chi connectivity index (χ1v) is 6.65. The summed E-state index contributed by atoms with van der Waals surface area (Å²) in [5, 5.41) is 36.5. The van der Waals surface area contributed by atoms with E-state index in [9.17, 15) is 5.11 Å². The van der Waals surface area contributed by atoms with Crippen molar-refractivity contribution in [3.05, 3.63) is 0 Å². The molecule has 0 saturated heterocycles. The molecule has 0 aromatic rings. The van der Waals surface area contributed by atoms with E-state index in [0.717, 1.165) is 25.7 Å². The van der Waals surface area contributed by atoms with Gasteiger partial charge in [-0.3, -0.25) is 0 Å². The third kappa shape index (κ3) is 9.28. The van der Waals surface area contributed by atoms with E-state index in [-0.39, 0.29) is 0 Å². The Kier molecular flexibility index (Phi) is 11.4. The van der Waals surface area contributed by atoms with Crippen molar-refractivity contribution in [1.29, 1.82) is 0 Å². The molecule has 0 aliphatic carbocycles. The van der Waals surface area contributed by atoms with Crippen molar-refractivity contribution in [2.45, 2.75) is 57.4 Å². The third-order valence-corrected chi connectivity index (χ3v) is 2.65. The fourth-order valence-corrected chi connectivity index (χ4v) is 1.48. The van der Waals surface area contributed by atoms with Crippen molar-refractivity contribution in [2.75, 3.05) is 19.8 Å². The molecule has 3 atom stereocenters. The standard InChI is InChI=1S/C12H27NO6/c1-9(15)10(8-14)19-12(11(16)17)18-7-5-3-2-4-6-13/h9-12,14-17H,2-8,13H2,1H3. The predicted molar refractivity (Wildman–Crippen MR) is 69.1 cm³/mol. The van der Waals surface area contributed by atoms with E-state index in [1.807, 2.05) is 0 Å². The second kappa shape index (κ2) is 11.5. The highest BCUT2D eigenvalue weighted by Gasteiger charge is 2.25. The molecule has 0 aromatic heterocycles. The molecule has 19 heavy (non-hydrogen) atoms. The van der Waals surface area contributed by atoms with Crippen molar-refractivity contribution < 1.29 is 29.9 Å². The summed E-state index contributed by atoms with van der Waals surface area (Å²) in [6.45, 7) is 1.98. The van der Waals surface area contributed by atoms with E-state index >= 15 is 0 Å². The number of aliphatic hydroxyl groups is 4. The molecule has 116 valence electrons. The first kappa shape index (κ1) is 18.7. The zero-order chi connectivity index (χ0) is 14.7. The number of ether oxygens (including phenoxy) is 2. The second-order valence-electron chi connectivity index (χ2n) is 4.45.